The van der Waals surface area contributed by atoms with E-state index < -0.39 is 4.92 Å². The average molecular weight is 319 g/mol. The lowest BCUT2D eigenvalue weighted by molar-refractivity contribution is -0.384. The summed E-state index contributed by atoms with van der Waals surface area (Å²) >= 11 is 0. The van der Waals surface area contributed by atoms with Gasteiger partial charge in [-0.15, -0.1) is 12.4 Å². The van der Waals surface area contributed by atoms with Crippen molar-refractivity contribution in [1.82, 2.24) is 0 Å². The summed E-state index contributed by atoms with van der Waals surface area (Å²) in [4.78, 5) is 10.2. The van der Waals surface area contributed by atoms with Crippen LogP contribution in [-0.2, 0) is 6.42 Å². The van der Waals surface area contributed by atoms with Crippen molar-refractivity contribution < 1.29 is 4.92 Å². The molecule has 2 rings (SSSR count). The maximum Gasteiger partial charge on any atom is 0.269 e. The minimum atomic E-state index is -0.404. The van der Waals surface area contributed by atoms with Gasteiger partial charge in [0.1, 0.15) is 0 Å². The van der Waals surface area contributed by atoms with E-state index in [1.54, 1.807) is 12.1 Å². The van der Waals surface area contributed by atoms with Gasteiger partial charge in [0.05, 0.1) is 4.92 Å². The van der Waals surface area contributed by atoms with Gasteiger partial charge in [-0.1, -0.05) is 42.5 Å². The second-order valence-corrected chi connectivity index (χ2v) is 4.90. The molecule has 0 unspecified atom stereocenters. The lowest BCUT2D eigenvalue weighted by atomic mass is 10.0. The summed E-state index contributed by atoms with van der Waals surface area (Å²) in [7, 11) is 0. The number of nitro benzene ring substituents is 1. The van der Waals surface area contributed by atoms with E-state index in [0.717, 1.165) is 18.4 Å². The molecule has 0 bridgehead atoms. The van der Waals surface area contributed by atoms with Crippen LogP contribution in [0.2, 0.25) is 0 Å². The van der Waals surface area contributed by atoms with Gasteiger partial charge in [-0.2, -0.15) is 0 Å². The second-order valence-electron chi connectivity index (χ2n) is 4.90. The largest absolute Gasteiger partial charge is 0.324 e. The van der Waals surface area contributed by atoms with E-state index >= 15 is 0 Å². The zero-order valence-corrected chi connectivity index (χ0v) is 12.9. The van der Waals surface area contributed by atoms with Crippen LogP contribution in [0.25, 0.3) is 6.08 Å². The van der Waals surface area contributed by atoms with E-state index in [0.29, 0.717) is 0 Å². The number of nitrogens with zero attached hydrogens (tertiary/aromatic N) is 1. The van der Waals surface area contributed by atoms with Gasteiger partial charge in [0.25, 0.3) is 5.69 Å². The van der Waals surface area contributed by atoms with E-state index in [-0.39, 0.29) is 24.1 Å². The molecule has 2 aromatic rings. The summed E-state index contributed by atoms with van der Waals surface area (Å²) in [6.45, 7) is 0. The molecule has 2 N–H and O–H groups in total. The number of rotatable bonds is 6. The predicted molar refractivity (Wildman–Crippen MR) is 92.1 cm³/mol. The molecular formula is C17H19ClN2O2. The van der Waals surface area contributed by atoms with Gasteiger partial charge >= 0.3 is 0 Å². The van der Waals surface area contributed by atoms with Crippen LogP contribution in [-0.4, -0.2) is 11.0 Å². The molecule has 0 aliphatic carbocycles. The Bertz CT molecular complexity index is 612. The number of nitro groups is 1. The van der Waals surface area contributed by atoms with Crippen molar-refractivity contribution in [3.05, 3.63) is 81.9 Å². The maximum atomic E-state index is 10.6. The monoisotopic (exact) mass is 318 g/mol. The molecule has 116 valence electrons. The minimum absolute atomic E-state index is 0. The molecule has 0 radical (unpaired) electrons. The Hall–Kier alpha value is -2.17. The van der Waals surface area contributed by atoms with Crippen LogP contribution in [0.1, 0.15) is 17.5 Å². The molecule has 0 spiro atoms. The summed E-state index contributed by atoms with van der Waals surface area (Å²) in [5.41, 5.74) is 8.34. The van der Waals surface area contributed by atoms with Crippen LogP contribution in [0.5, 0.6) is 0 Å². The number of aryl methyl sites for hydroxylation is 1. The third-order valence-corrected chi connectivity index (χ3v) is 3.25. The van der Waals surface area contributed by atoms with Crippen molar-refractivity contribution in [2.24, 2.45) is 5.73 Å². The molecule has 0 saturated carbocycles. The highest BCUT2D eigenvalue weighted by Crippen LogP contribution is 2.13. The topological polar surface area (TPSA) is 69.2 Å². The Balaban J connectivity index is 0.00000242. The van der Waals surface area contributed by atoms with Crippen molar-refractivity contribution in [2.45, 2.75) is 18.9 Å². The molecule has 0 heterocycles. The molecule has 1 atom stereocenters. The first-order valence-corrected chi connectivity index (χ1v) is 6.87. The summed E-state index contributed by atoms with van der Waals surface area (Å²) < 4.78 is 0. The number of benzene rings is 2. The van der Waals surface area contributed by atoms with Crippen molar-refractivity contribution in [1.29, 1.82) is 0 Å². The lowest BCUT2D eigenvalue weighted by Crippen LogP contribution is -2.17. The Morgan fingerprint density at radius 2 is 1.73 bits per heavy atom. The van der Waals surface area contributed by atoms with Crippen molar-refractivity contribution >= 4 is 24.2 Å². The molecule has 0 saturated heterocycles. The average Bonchev–Trinajstić information content (AvgIpc) is 2.52. The zero-order valence-electron chi connectivity index (χ0n) is 12.1. The lowest BCUT2D eigenvalue weighted by Gasteiger charge is -2.06. The molecule has 0 aliphatic rings. The van der Waals surface area contributed by atoms with Crippen LogP contribution in [0, 0.1) is 10.1 Å². The molecule has 0 aliphatic heterocycles. The van der Waals surface area contributed by atoms with Gasteiger partial charge in [0.15, 0.2) is 0 Å². The predicted octanol–water partition coefficient (Wildman–Crippen LogP) is 3.99. The summed E-state index contributed by atoms with van der Waals surface area (Å²) in [6.07, 6.45) is 5.64. The first kappa shape index (κ1) is 17.9. The van der Waals surface area contributed by atoms with E-state index in [2.05, 4.69) is 12.1 Å². The minimum Gasteiger partial charge on any atom is -0.324 e. The number of nitrogens with two attached hydrogens (primary N) is 1. The van der Waals surface area contributed by atoms with E-state index in [9.17, 15) is 10.1 Å². The van der Waals surface area contributed by atoms with Gasteiger partial charge in [-0.25, -0.2) is 0 Å². The van der Waals surface area contributed by atoms with E-state index in [1.165, 1.54) is 17.7 Å². The maximum absolute atomic E-state index is 10.6. The summed E-state index contributed by atoms with van der Waals surface area (Å²) in [5.74, 6) is 0. The smallest absolute Gasteiger partial charge is 0.269 e. The van der Waals surface area contributed by atoms with Crippen molar-refractivity contribution in [3.63, 3.8) is 0 Å². The van der Waals surface area contributed by atoms with Gasteiger partial charge in [0, 0.05) is 18.2 Å². The van der Waals surface area contributed by atoms with Gasteiger partial charge in [0.2, 0.25) is 0 Å². The van der Waals surface area contributed by atoms with Gasteiger partial charge in [-0.3, -0.25) is 10.1 Å². The highest BCUT2D eigenvalue weighted by Gasteiger charge is 2.03. The van der Waals surface area contributed by atoms with Crippen LogP contribution in [0.15, 0.2) is 60.7 Å². The Morgan fingerprint density at radius 1 is 1.09 bits per heavy atom. The van der Waals surface area contributed by atoms with E-state index in [1.807, 2.05) is 30.4 Å². The van der Waals surface area contributed by atoms with Crippen molar-refractivity contribution in [2.75, 3.05) is 0 Å². The number of hydrogen-bond acceptors (Lipinski definition) is 3. The fraction of sp³-hybridized carbons (Fsp3) is 0.176. The molecular weight excluding hydrogens is 300 g/mol. The van der Waals surface area contributed by atoms with Crippen molar-refractivity contribution in [3.8, 4) is 0 Å². The highest BCUT2D eigenvalue weighted by molar-refractivity contribution is 5.85. The normalized spacial score (nSPS) is 11.9. The number of halogens is 1. The molecule has 22 heavy (non-hydrogen) atoms. The Labute approximate surface area is 136 Å². The van der Waals surface area contributed by atoms with Crippen LogP contribution < -0.4 is 5.73 Å². The zero-order chi connectivity index (χ0) is 15.1. The quantitative estimate of drug-likeness (QED) is 0.646. The third kappa shape index (κ3) is 5.68. The number of hydrogen-bond donors (Lipinski definition) is 1. The van der Waals surface area contributed by atoms with Crippen LogP contribution in [0.3, 0.4) is 0 Å². The summed E-state index contributed by atoms with van der Waals surface area (Å²) in [5, 5.41) is 10.6. The molecule has 0 aromatic heterocycles. The third-order valence-electron chi connectivity index (χ3n) is 3.25. The molecule has 5 heteroatoms. The molecule has 4 nitrogen and oxygen atoms in total. The number of non-ortho nitro benzene ring substituents is 1. The standard InChI is InChI=1S/C17H18N2O2.ClH/c18-16(10-6-14-4-2-1-3-5-14)11-7-15-8-12-17(13-9-15)19(20)21;/h1-5,7-9,11-13,16H,6,10,18H2;1H/t16-;/m0./s1. The Morgan fingerprint density at radius 3 is 2.32 bits per heavy atom. The van der Waals surface area contributed by atoms with Crippen LogP contribution >= 0.6 is 12.4 Å². The molecule has 0 fully saturated rings. The molecule has 2 aromatic carbocycles. The first-order chi connectivity index (χ1) is 10.1. The second kappa shape index (κ2) is 8.97. The van der Waals surface area contributed by atoms with Gasteiger partial charge < -0.3 is 5.73 Å². The van der Waals surface area contributed by atoms with Gasteiger partial charge in [-0.05, 0) is 36.1 Å². The van der Waals surface area contributed by atoms with E-state index in [4.69, 9.17) is 5.73 Å². The molecule has 0 amide bonds. The SMILES string of the molecule is Cl.N[C@H](C=Cc1ccc([N+](=O)[O-])cc1)CCc1ccccc1. The first-order valence-electron chi connectivity index (χ1n) is 6.87. The Kier molecular flexibility index (Phi) is 7.29. The van der Waals surface area contributed by atoms with Crippen LogP contribution in [0.4, 0.5) is 5.69 Å². The fourth-order valence-electron chi connectivity index (χ4n) is 2.02. The highest BCUT2D eigenvalue weighted by atomic mass is 35.5. The summed E-state index contributed by atoms with van der Waals surface area (Å²) in [6, 6.07) is 16.6. The fourth-order valence-corrected chi connectivity index (χ4v) is 2.02.